The van der Waals surface area contributed by atoms with Gasteiger partial charge in [0.1, 0.15) is 37.1 Å². The molecule has 5 aliphatic rings. The van der Waals surface area contributed by atoms with E-state index in [4.69, 9.17) is 51.2 Å². The van der Waals surface area contributed by atoms with E-state index in [1.54, 1.807) is 72.8 Å². The number of halogens is 2. The van der Waals surface area contributed by atoms with Crippen molar-refractivity contribution in [3.05, 3.63) is 109 Å². The van der Waals surface area contributed by atoms with E-state index in [-0.39, 0.29) is 47.1 Å². The van der Waals surface area contributed by atoms with Gasteiger partial charge in [-0.05, 0) is 47.9 Å². The molecule has 2 amide bonds. The zero-order chi connectivity index (χ0) is 44.3. The Morgan fingerprint density at radius 1 is 0.625 bits per heavy atom. The third-order valence-corrected chi connectivity index (χ3v) is 14.0. The van der Waals surface area contributed by atoms with Crippen molar-refractivity contribution in [1.29, 1.82) is 0 Å². The first kappa shape index (κ1) is 43.0. The third kappa shape index (κ3) is 7.96. The van der Waals surface area contributed by atoms with Crippen molar-refractivity contribution in [2.24, 2.45) is 0 Å². The third-order valence-electron chi connectivity index (χ3n) is 10.9. The van der Waals surface area contributed by atoms with E-state index in [2.05, 4.69) is 29.9 Å². The van der Waals surface area contributed by atoms with Crippen LogP contribution in [0.15, 0.2) is 98.1 Å². The van der Waals surface area contributed by atoms with Crippen LogP contribution in [-0.2, 0) is 51.2 Å². The smallest absolute Gasteiger partial charge is 0.325 e. The molecule has 26 heteroatoms. The van der Waals surface area contributed by atoms with Crippen LogP contribution in [0.3, 0.4) is 0 Å². The topological polar surface area (TPSA) is 224 Å². The van der Waals surface area contributed by atoms with Gasteiger partial charge in [0.05, 0.1) is 25.9 Å². The predicted octanol–water partition coefficient (Wildman–Crippen LogP) is 4.25. The second-order valence-corrected chi connectivity index (χ2v) is 20.3. The molecule has 11 rings (SSSR count). The number of hydrogen-bond acceptors (Lipinski definition) is 16. The molecule has 5 aliphatic heterocycles. The largest absolute Gasteiger partial charge is 0.346 e. The lowest BCUT2D eigenvalue weighted by molar-refractivity contribution is -0.0583. The summed E-state index contributed by atoms with van der Waals surface area (Å²) in [6.07, 6.45) is -5.43. The normalized spacial score (nSPS) is 31.6. The fraction of sp³-hybridized carbons (Fsp3) is 0.316. The number of carbonyl (C=O) groups excluding carboxylic acids is 2. The number of carbonyl (C=O) groups is 2. The van der Waals surface area contributed by atoms with Gasteiger partial charge >= 0.3 is 13.4 Å². The Balaban J connectivity index is 1.13. The van der Waals surface area contributed by atoms with E-state index in [0.29, 0.717) is 11.1 Å². The lowest BCUT2D eigenvalue weighted by Gasteiger charge is -2.29. The van der Waals surface area contributed by atoms with Crippen molar-refractivity contribution in [3.8, 4) is 0 Å². The Labute approximate surface area is 370 Å². The Morgan fingerprint density at radius 3 is 1.44 bits per heavy atom. The summed E-state index contributed by atoms with van der Waals surface area (Å²) >= 11 is 10.6. The molecule has 0 spiro atoms. The molecule has 20 nitrogen and oxygen atoms in total. The number of anilines is 2. The predicted molar refractivity (Wildman–Crippen MR) is 228 cm³/mol. The first-order valence-electron chi connectivity index (χ1n) is 19.5. The molecule has 332 valence electrons. The van der Waals surface area contributed by atoms with Crippen molar-refractivity contribution < 1.29 is 55.7 Å². The number of amides is 2. The summed E-state index contributed by atoms with van der Waals surface area (Å²) < 4.78 is 71.1. The Morgan fingerprint density at radius 2 is 1.03 bits per heavy atom. The molecule has 0 radical (unpaired) electrons. The van der Waals surface area contributed by atoms with Crippen LogP contribution in [0, 0.1) is 0 Å². The molecule has 3 fully saturated rings. The number of hydrogen-bond donors (Lipinski definition) is 2. The van der Waals surface area contributed by atoms with Gasteiger partial charge in [-0.15, -0.1) is 0 Å². The molecule has 3 saturated heterocycles. The number of ether oxygens (including phenoxy) is 2. The van der Waals surface area contributed by atoms with Gasteiger partial charge in [-0.25, -0.2) is 38.7 Å². The first-order valence-corrected chi connectivity index (χ1v) is 24.7. The average molecular weight is 955 g/mol. The molecule has 14 bridgehead atoms. The number of imidazole rings is 2. The van der Waals surface area contributed by atoms with E-state index < -0.39 is 87.7 Å². The zero-order valence-corrected chi connectivity index (χ0v) is 36.2. The summed E-state index contributed by atoms with van der Waals surface area (Å²) in [4.78, 5) is 80.5. The van der Waals surface area contributed by atoms with Gasteiger partial charge in [0.2, 0.25) is 0 Å². The van der Waals surface area contributed by atoms with Gasteiger partial charge in [0.25, 0.3) is 11.8 Å². The number of alkyl halides is 2. The van der Waals surface area contributed by atoms with Gasteiger partial charge in [-0.2, -0.15) is 0 Å². The first-order chi connectivity index (χ1) is 30.9. The number of nitrogens with zero attached hydrogens (tertiary/aromatic N) is 10. The second-order valence-electron chi connectivity index (χ2n) is 14.8. The summed E-state index contributed by atoms with van der Waals surface area (Å²) in [6.45, 7) is -10.3. The molecular weight excluding hydrogens is 921 g/mol. The van der Waals surface area contributed by atoms with Crippen LogP contribution < -0.4 is 9.80 Å². The summed E-state index contributed by atoms with van der Waals surface area (Å²) in [6, 6.07) is 16.8. The molecule has 2 aromatic carbocycles. The van der Waals surface area contributed by atoms with Gasteiger partial charge in [0, 0.05) is 24.2 Å². The van der Waals surface area contributed by atoms with E-state index >= 15 is 8.78 Å². The molecule has 2 N–H and O–H groups in total. The molecule has 64 heavy (non-hydrogen) atoms. The zero-order valence-electron chi connectivity index (χ0n) is 32.8. The molecule has 0 aliphatic carbocycles. The maximum atomic E-state index is 16.8. The molecule has 10 atom stereocenters. The van der Waals surface area contributed by atoms with E-state index in [9.17, 15) is 19.4 Å². The lowest BCUT2D eigenvalue weighted by atomic mass is 10.1. The quantitative estimate of drug-likeness (QED) is 0.183. The monoisotopic (exact) mass is 954 g/mol. The van der Waals surface area contributed by atoms with Crippen LogP contribution in [0.2, 0.25) is 0 Å². The van der Waals surface area contributed by atoms with Gasteiger partial charge in [-0.1, -0.05) is 48.6 Å². The molecule has 2 unspecified atom stereocenters. The Hall–Kier alpha value is -4.94. The highest BCUT2D eigenvalue weighted by atomic mass is 32.5. The van der Waals surface area contributed by atoms with Crippen molar-refractivity contribution in [1.82, 2.24) is 39.0 Å². The van der Waals surface area contributed by atoms with Crippen LogP contribution in [0.4, 0.5) is 20.4 Å². The Kier molecular flexibility index (Phi) is 11.5. The maximum Gasteiger partial charge on any atom is 0.325 e. The van der Waals surface area contributed by atoms with Crippen molar-refractivity contribution in [2.75, 3.05) is 36.1 Å². The summed E-state index contributed by atoms with van der Waals surface area (Å²) in [5.74, 6) is -0.852. The van der Waals surface area contributed by atoms with Crippen LogP contribution >= 0.6 is 13.4 Å². The van der Waals surface area contributed by atoms with Crippen LogP contribution in [0.5, 0.6) is 0 Å². The van der Waals surface area contributed by atoms with Crippen LogP contribution in [0.25, 0.3) is 22.3 Å². The maximum absolute atomic E-state index is 16.8. The highest BCUT2D eigenvalue weighted by Gasteiger charge is 2.54. The number of aromatic nitrogens is 8. The minimum atomic E-state index is -4.39. The van der Waals surface area contributed by atoms with E-state index in [1.807, 2.05) is 0 Å². The van der Waals surface area contributed by atoms with Gasteiger partial charge < -0.3 is 28.3 Å². The minimum Gasteiger partial charge on any atom is -0.346 e. The van der Waals surface area contributed by atoms with Crippen molar-refractivity contribution >= 4 is 82.8 Å². The Bertz CT molecular complexity index is 2700. The van der Waals surface area contributed by atoms with Gasteiger partial charge in [-0.3, -0.25) is 37.6 Å². The number of rotatable bonds is 2. The lowest BCUT2D eigenvalue weighted by Crippen LogP contribution is -2.37. The second kappa shape index (κ2) is 17.1. The van der Waals surface area contributed by atoms with E-state index in [1.165, 1.54) is 44.2 Å². The molecule has 9 heterocycles. The highest BCUT2D eigenvalue weighted by Crippen LogP contribution is 2.55. The highest BCUT2D eigenvalue weighted by molar-refractivity contribution is 8.07. The fourth-order valence-corrected chi connectivity index (χ4v) is 10.7. The SMILES string of the molecule is O=C(c1ccccc1)N1C/C=C/CN(C(=O)c2ccccc2)c2ncnc3c2ncn3[C@@H]2O[C@@H]3COP(O)(=S)O[C@H]4[C@@H](F)[C@@H](O[C@@H]4COP(O)(=S)O[C@H]3[C@H]2F)n2cnc3c1ncnc32. The van der Waals surface area contributed by atoms with Crippen molar-refractivity contribution in [3.63, 3.8) is 0 Å². The summed E-state index contributed by atoms with van der Waals surface area (Å²) in [7, 11) is 0. The number of fused-ring (bicyclic) bond motifs is 10. The average Bonchev–Trinajstić information content (AvgIpc) is 4.07. The van der Waals surface area contributed by atoms with Crippen LogP contribution in [-0.4, -0.2) is 124 Å². The number of benzene rings is 2. The van der Waals surface area contributed by atoms with Crippen molar-refractivity contribution in [2.45, 2.75) is 49.2 Å². The molecule has 6 aromatic rings. The van der Waals surface area contributed by atoms with E-state index in [0.717, 1.165) is 0 Å². The standard InChI is InChI=1S/C38H34F2N10O10P2S2/c39-25-29-23-15-55-62(54,64)60-30-24(16-56-61(53,63)59-29)58-38(26(30)40)50-20-46-28-32(42-18-44-34(28)50)48(36(52)22-11-5-2-6-12-22)14-8-7-13-47(35(51)21-9-3-1-4-10-21)31-27-33(43-17-41-31)49(19-45-27)37(25)57-23/h1-12,17-20,23-26,29-30,37-38H,13-16H2,(H,53,63)(H,54,64)/b8-7+/t23-,24-,25-,26-,29-,30-,37-,38-,61?,62?/m1/s1. The molecule has 4 aromatic heterocycles. The minimum absolute atomic E-state index is 0.0378. The summed E-state index contributed by atoms with van der Waals surface area (Å²) in [5.41, 5.74) is 0.849. The molecular formula is C38H34F2N10O10P2S2. The fourth-order valence-electron chi connectivity index (χ4n) is 7.87. The molecule has 0 saturated carbocycles. The van der Waals surface area contributed by atoms with Crippen LogP contribution in [0.1, 0.15) is 33.2 Å². The van der Waals surface area contributed by atoms with Gasteiger partial charge in [0.15, 0.2) is 58.8 Å². The summed E-state index contributed by atoms with van der Waals surface area (Å²) in [5, 5.41) is 0.